The van der Waals surface area contributed by atoms with E-state index in [9.17, 15) is 19.5 Å². The van der Waals surface area contributed by atoms with Crippen LogP contribution in [0.15, 0.2) is 35.8 Å². The molecule has 25 heavy (non-hydrogen) atoms. The molecule has 3 atom stereocenters. The first-order chi connectivity index (χ1) is 12.0. The van der Waals surface area contributed by atoms with E-state index < -0.39 is 35.2 Å². The van der Waals surface area contributed by atoms with Crippen LogP contribution in [0, 0.1) is 5.92 Å². The molecule has 0 bridgehead atoms. The molecule has 3 aliphatic rings. The van der Waals surface area contributed by atoms with E-state index >= 15 is 0 Å². The van der Waals surface area contributed by atoms with Crippen LogP contribution in [-0.2, 0) is 19.1 Å². The van der Waals surface area contributed by atoms with Gasteiger partial charge in [-0.1, -0.05) is 24.3 Å². The summed E-state index contributed by atoms with van der Waals surface area (Å²) in [6.07, 6.45) is 8.41. The Kier molecular flexibility index (Phi) is 4.87. The molecule has 8 nitrogen and oxygen atoms in total. The highest BCUT2D eigenvalue weighted by molar-refractivity contribution is 8.00. The van der Waals surface area contributed by atoms with Crippen LogP contribution in [0.25, 0.3) is 0 Å². The normalized spacial score (nSPS) is 26.8. The zero-order valence-electron chi connectivity index (χ0n) is 13.5. The predicted molar refractivity (Wildman–Crippen MR) is 91.1 cm³/mol. The third-order valence-corrected chi connectivity index (χ3v) is 5.64. The average molecular weight is 365 g/mol. The van der Waals surface area contributed by atoms with E-state index in [1.165, 1.54) is 18.9 Å². The lowest BCUT2D eigenvalue weighted by molar-refractivity contribution is -0.151. The maximum Gasteiger partial charge on any atom is 0.356 e. The number of thioether (sulfide) groups is 1. The van der Waals surface area contributed by atoms with Crippen LogP contribution < -0.4 is 11.1 Å². The van der Waals surface area contributed by atoms with E-state index in [-0.39, 0.29) is 17.4 Å². The first-order valence-electron chi connectivity index (χ1n) is 7.80. The number of aliphatic carboxylic acids is 1. The van der Waals surface area contributed by atoms with Crippen molar-refractivity contribution >= 4 is 29.5 Å². The number of methoxy groups -OCH3 is 1. The number of carboxylic acids is 1. The Labute approximate surface area is 148 Å². The van der Waals surface area contributed by atoms with Crippen LogP contribution >= 0.6 is 11.8 Å². The molecule has 1 saturated heterocycles. The van der Waals surface area contributed by atoms with Gasteiger partial charge in [-0.25, -0.2) is 4.79 Å². The summed E-state index contributed by atoms with van der Waals surface area (Å²) >= 11 is 1.34. The Hall–Kier alpha value is -2.26. The maximum atomic E-state index is 12.4. The van der Waals surface area contributed by atoms with Gasteiger partial charge in [0, 0.05) is 5.92 Å². The van der Waals surface area contributed by atoms with Crippen molar-refractivity contribution in [2.24, 2.45) is 11.7 Å². The molecule has 4 N–H and O–H groups in total. The fourth-order valence-corrected chi connectivity index (χ4v) is 4.34. The third kappa shape index (κ3) is 3.05. The summed E-state index contributed by atoms with van der Waals surface area (Å²) < 4.78 is 5.06. The topological polar surface area (TPSA) is 122 Å². The molecule has 1 fully saturated rings. The quantitative estimate of drug-likeness (QED) is 0.455. The Morgan fingerprint density at radius 1 is 1.44 bits per heavy atom. The van der Waals surface area contributed by atoms with Gasteiger partial charge < -0.3 is 20.9 Å². The van der Waals surface area contributed by atoms with E-state index in [0.717, 1.165) is 11.3 Å². The molecular formula is C16H19N3O5S. The largest absolute Gasteiger partial charge is 0.498 e. The number of ether oxygens (including phenoxy) is 1. The van der Waals surface area contributed by atoms with Gasteiger partial charge in [0.2, 0.25) is 5.91 Å². The first kappa shape index (κ1) is 17.6. The lowest BCUT2D eigenvalue weighted by Crippen LogP contribution is -2.71. The molecule has 134 valence electrons. The van der Waals surface area contributed by atoms with Crippen LogP contribution in [0.4, 0.5) is 0 Å². The van der Waals surface area contributed by atoms with E-state index in [1.807, 2.05) is 24.3 Å². The number of nitrogens with two attached hydrogens (primary N) is 1. The Bertz CT molecular complexity index is 690. The summed E-state index contributed by atoms with van der Waals surface area (Å²) in [6.45, 7) is 0. The van der Waals surface area contributed by atoms with E-state index in [2.05, 4.69) is 5.32 Å². The second-order valence-corrected chi connectivity index (χ2v) is 6.98. The number of rotatable bonds is 5. The fraction of sp³-hybridized carbons (Fsp3) is 0.438. The van der Waals surface area contributed by atoms with Crippen LogP contribution in [0.5, 0.6) is 0 Å². The van der Waals surface area contributed by atoms with Crippen LogP contribution in [0.3, 0.4) is 0 Å². The Morgan fingerprint density at radius 3 is 2.72 bits per heavy atom. The molecule has 1 aliphatic carbocycles. The summed E-state index contributed by atoms with van der Waals surface area (Å²) in [5.74, 6) is -1.79. The van der Waals surface area contributed by atoms with Gasteiger partial charge in [0.15, 0.2) is 5.70 Å². The number of hydrogen-bond acceptors (Lipinski definition) is 6. The molecule has 9 heteroatoms. The molecule has 0 aromatic carbocycles. The zero-order chi connectivity index (χ0) is 18.1. The van der Waals surface area contributed by atoms with E-state index in [1.54, 1.807) is 0 Å². The summed E-state index contributed by atoms with van der Waals surface area (Å²) in [5, 5.41) is 11.5. The van der Waals surface area contributed by atoms with Gasteiger partial charge >= 0.3 is 5.97 Å². The molecule has 2 amide bonds. The molecule has 3 rings (SSSR count). The monoisotopic (exact) mass is 365 g/mol. The summed E-state index contributed by atoms with van der Waals surface area (Å²) in [4.78, 5) is 37.3. The predicted octanol–water partition coefficient (Wildman–Crippen LogP) is -0.211. The minimum absolute atomic E-state index is 0.163. The van der Waals surface area contributed by atoms with Crippen LogP contribution in [0.1, 0.15) is 6.42 Å². The highest BCUT2D eigenvalue weighted by Crippen LogP contribution is 2.40. The minimum Gasteiger partial charge on any atom is -0.498 e. The van der Waals surface area contributed by atoms with Crippen molar-refractivity contribution in [2.45, 2.75) is 23.9 Å². The molecule has 2 heterocycles. The molecule has 2 aliphatic heterocycles. The number of nitrogens with one attached hydrogen (secondary N) is 1. The Balaban J connectivity index is 1.69. The van der Waals surface area contributed by atoms with Crippen LogP contribution in [0.2, 0.25) is 0 Å². The Morgan fingerprint density at radius 2 is 2.12 bits per heavy atom. The number of carboxylic acid groups (broad SMARTS) is 1. The molecular weight excluding hydrogens is 346 g/mol. The van der Waals surface area contributed by atoms with Crippen molar-refractivity contribution in [3.05, 3.63) is 35.8 Å². The van der Waals surface area contributed by atoms with Crippen molar-refractivity contribution < 1.29 is 24.2 Å². The number of amides is 2. The van der Waals surface area contributed by atoms with Gasteiger partial charge in [0.1, 0.15) is 17.2 Å². The minimum atomic E-state index is -1.23. The number of carbonyl (C=O) groups is 3. The standard InChI is InChI=1S/C16H19N3O5S/c1-24-9-7-25-15-11(14(21)19(15)12(9)16(22)23)18-13(20)10(17)8-5-3-2-4-6-8/h3-6,8,10-11,15H,2,7,17H2,1H3,(H,18,20)(H,22,23)/t10?,11-,15-/m0/s1. The lowest BCUT2D eigenvalue weighted by atomic mass is 9.94. The van der Waals surface area contributed by atoms with Crippen molar-refractivity contribution in [1.29, 1.82) is 0 Å². The molecule has 0 saturated carbocycles. The summed E-state index contributed by atoms with van der Waals surface area (Å²) in [7, 11) is 1.37. The van der Waals surface area contributed by atoms with Gasteiger partial charge in [-0.3, -0.25) is 14.5 Å². The number of allylic oxidation sites excluding steroid dienone is 2. The lowest BCUT2D eigenvalue weighted by Gasteiger charge is -2.49. The van der Waals surface area contributed by atoms with E-state index in [4.69, 9.17) is 10.5 Å². The number of β-lactam (4-membered cyclic amide) rings is 1. The number of fused-ring (bicyclic) bond motifs is 1. The van der Waals surface area contributed by atoms with Crippen molar-refractivity contribution in [3.63, 3.8) is 0 Å². The van der Waals surface area contributed by atoms with Crippen molar-refractivity contribution in [2.75, 3.05) is 12.9 Å². The summed E-state index contributed by atoms with van der Waals surface area (Å²) in [6, 6.07) is -1.58. The maximum absolute atomic E-state index is 12.4. The molecule has 0 radical (unpaired) electrons. The molecule has 0 aromatic heterocycles. The second kappa shape index (κ2) is 6.93. The highest BCUT2D eigenvalue weighted by Gasteiger charge is 2.55. The molecule has 1 unspecified atom stereocenters. The van der Waals surface area contributed by atoms with Gasteiger partial charge in [-0.2, -0.15) is 0 Å². The number of carbonyl (C=O) groups excluding carboxylic acids is 2. The second-order valence-electron chi connectivity index (χ2n) is 5.87. The smallest absolute Gasteiger partial charge is 0.356 e. The molecule has 0 spiro atoms. The first-order valence-corrected chi connectivity index (χ1v) is 8.85. The number of nitrogens with zero attached hydrogens (tertiary/aromatic N) is 1. The molecule has 0 aromatic rings. The number of hydrogen-bond donors (Lipinski definition) is 3. The highest BCUT2D eigenvalue weighted by atomic mass is 32.2. The van der Waals surface area contributed by atoms with Gasteiger partial charge in [0.05, 0.1) is 18.9 Å². The fourth-order valence-electron chi connectivity index (χ4n) is 3.02. The zero-order valence-corrected chi connectivity index (χ0v) is 14.4. The van der Waals surface area contributed by atoms with Gasteiger partial charge in [-0.15, -0.1) is 11.8 Å². The van der Waals surface area contributed by atoms with Crippen LogP contribution in [-0.4, -0.2) is 58.1 Å². The third-order valence-electron chi connectivity index (χ3n) is 4.39. The van der Waals surface area contributed by atoms with Crippen molar-refractivity contribution in [3.8, 4) is 0 Å². The van der Waals surface area contributed by atoms with E-state index in [0.29, 0.717) is 5.75 Å². The average Bonchev–Trinajstić information content (AvgIpc) is 2.64. The van der Waals surface area contributed by atoms with Gasteiger partial charge in [0.25, 0.3) is 5.91 Å². The SMILES string of the molecule is COC1=C(C(=O)O)N2C(=O)[C@H](NC(=O)C(N)C3C=CCC=C3)[C@@H]2SC1. The summed E-state index contributed by atoms with van der Waals surface area (Å²) in [5.41, 5.74) is 5.82. The van der Waals surface area contributed by atoms with Crippen molar-refractivity contribution in [1.82, 2.24) is 10.2 Å². The van der Waals surface area contributed by atoms with Gasteiger partial charge in [-0.05, 0) is 6.42 Å².